The summed E-state index contributed by atoms with van der Waals surface area (Å²) in [4.78, 5) is 13.3. The van der Waals surface area contributed by atoms with Crippen molar-refractivity contribution in [3.8, 4) is 33.9 Å². The first kappa shape index (κ1) is 19.1. The number of benzene rings is 4. The van der Waals surface area contributed by atoms with E-state index >= 15 is 0 Å². The van der Waals surface area contributed by atoms with Gasteiger partial charge >= 0.3 is 0 Å². The third-order valence-electron chi connectivity index (χ3n) is 5.49. The minimum atomic E-state index is 0.188. The van der Waals surface area contributed by atoms with Crippen molar-refractivity contribution in [3.63, 3.8) is 0 Å². The molecule has 6 aromatic rings. The SMILES string of the molecule is Clc1nc(-c2ccccc2)nc(-c2ccc(-c3ccc4sc5ccccc5c4c3)cc2)n1. The maximum atomic E-state index is 6.21. The lowest BCUT2D eigenvalue weighted by atomic mass is 10.0. The maximum absolute atomic E-state index is 6.21. The molecule has 0 radical (unpaired) electrons. The lowest BCUT2D eigenvalue weighted by Crippen LogP contribution is -1.97. The summed E-state index contributed by atoms with van der Waals surface area (Å²) in [6.45, 7) is 0. The van der Waals surface area contributed by atoms with E-state index in [-0.39, 0.29) is 5.28 Å². The van der Waals surface area contributed by atoms with Crippen LogP contribution in [0, 0.1) is 0 Å². The molecule has 6 rings (SSSR count). The van der Waals surface area contributed by atoms with Crippen molar-refractivity contribution in [1.82, 2.24) is 15.0 Å². The van der Waals surface area contributed by atoms with Gasteiger partial charge < -0.3 is 0 Å². The van der Waals surface area contributed by atoms with E-state index < -0.39 is 0 Å². The summed E-state index contributed by atoms with van der Waals surface area (Å²) >= 11 is 8.04. The van der Waals surface area contributed by atoms with Gasteiger partial charge in [0.2, 0.25) is 5.28 Å². The molecule has 0 saturated heterocycles. The van der Waals surface area contributed by atoms with Crippen molar-refractivity contribution in [2.24, 2.45) is 0 Å². The number of halogens is 1. The number of aromatic nitrogens is 3. The molecule has 3 nitrogen and oxygen atoms in total. The second-order valence-electron chi connectivity index (χ2n) is 7.50. The highest BCUT2D eigenvalue weighted by atomic mass is 35.5. The summed E-state index contributed by atoms with van der Waals surface area (Å²) in [5.41, 5.74) is 4.14. The van der Waals surface area contributed by atoms with Gasteiger partial charge in [0.25, 0.3) is 0 Å². The molecule has 0 aliphatic carbocycles. The van der Waals surface area contributed by atoms with E-state index in [1.165, 1.54) is 25.7 Å². The Morgan fingerprint density at radius 2 is 1.09 bits per heavy atom. The fraction of sp³-hybridized carbons (Fsp3) is 0. The number of nitrogens with zero attached hydrogens (tertiary/aromatic N) is 3. The zero-order valence-electron chi connectivity index (χ0n) is 16.9. The standard InChI is InChI=1S/C27H16ClN3S/c28-27-30-25(18-6-2-1-3-7-18)29-26(31-27)19-12-10-17(11-13-19)20-14-15-24-22(16-20)21-8-4-5-9-23(21)32-24/h1-16H. The zero-order chi connectivity index (χ0) is 21.5. The summed E-state index contributed by atoms with van der Waals surface area (Å²) in [7, 11) is 0. The topological polar surface area (TPSA) is 38.7 Å². The van der Waals surface area contributed by atoms with Gasteiger partial charge in [-0.2, -0.15) is 9.97 Å². The fourth-order valence-corrected chi connectivity index (χ4v) is 5.16. The third-order valence-corrected chi connectivity index (χ3v) is 6.81. The van der Waals surface area contributed by atoms with E-state index in [2.05, 4.69) is 69.5 Å². The van der Waals surface area contributed by atoms with Crippen molar-refractivity contribution in [2.75, 3.05) is 0 Å². The molecule has 0 aliphatic rings. The monoisotopic (exact) mass is 449 g/mol. The van der Waals surface area contributed by atoms with E-state index in [1.807, 2.05) is 53.8 Å². The number of thiophene rings is 1. The Morgan fingerprint density at radius 3 is 1.88 bits per heavy atom. The van der Waals surface area contributed by atoms with Crippen LogP contribution < -0.4 is 0 Å². The highest BCUT2D eigenvalue weighted by molar-refractivity contribution is 7.25. The van der Waals surface area contributed by atoms with Crippen LogP contribution in [-0.4, -0.2) is 15.0 Å². The summed E-state index contributed by atoms with van der Waals surface area (Å²) in [5, 5.41) is 2.79. The molecule has 0 bridgehead atoms. The first-order chi connectivity index (χ1) is 15.7. The number of rotatable bonds is 3. The van der Waals surface area contributed by atoms with Crippen LogP contribution in [0.15, 0.2) is 97.1 Å². The Bertz CT molecular complexity index is 1570. The van der Waals surface area contributed by atoms with Gasteiger partial charge in [-0.05, 0) is 40.9 Å². The minimum absolute atomic E-state index is 0.188. The van der Waals surface area contributed by atoms with Crippen LogP contribution in [0.25, 0.3) is 54.1 Å². The minimum Gasteiger partial charge on any atom is -0.208 e. The Labute approximate surface area is 194 Å². The van der Waals surface area contributed by atoms with Gasteiger partial charge in [-0.25, -0.2) is 4.98 Å². The van der Waals surface area contributed by atoms with E-state index in [0.29, 0.717) is 11.6 Å². The molecule has 0 aliphatic heterocycles. The molecular weight excluding hydrogens is 434 g/mol. The molecule has 32 heavy (non-hydrogen) atoms. The van der Waals surface area contributed by atoms with Gasteiger partial charge in [-0.15, -0.1) is 11.3 Å². The van der Waals surface area contributed by atoms with Crippen LogP contribution in [0.5, 0.6) is 0 Å². The Hall–Kier alpha value is -3.60. The average molecular weight is 450 g/mol. The summed E-state index contributed by atoms with van der Waals surface area (Å²) in [6.07, 6.45) is 0. The normalized spacial score (nSPS) is 11.3. The van der Waals surface area contributed by atoms with Crippen LogP contribution in [0.1, 0.15) is 0 Å². The highest BCUT2D eigenvalue weighted by Gasteiger charge is 2.10. The smallest absolute Gasteiger partial charge is 0.208 e. The van der Waals surface area contributed by atoms with Crippen LogP contribution >= 0.6 is 22.9 Å². The third kappa shape index (κ3) is 3.44. The first-order valence-electron chi connectivity index (χ1n) is 10.2. The number of fused-ring (bicyclic) bond motifs is 3. The number of hydrogen-bond acceptors (Lipinski definition) is 4. The maximum Gasteiger partial charge on any atom is 0.226 e. The van der Waals surface area contributed by atoms with Gasteiger partial charge in [0, 0.05) is 31.3 Å². The van der Waals surface area contributed by atoms with Crippen LogP contribution in [0.4, 0.5) is 0 Å². The summed E-state index contributed by atoms with van der Waals surface area (Å²) in [5.74, 6) is 1.13. The number of hydrogen-bond donors (Lipinski definition) is 0. The molecule has 5 heteroatoms. The predicted molar refractivity (Wildman–Crippen MR) is 134 cm³/mol. The molecule has 0 unspecified atom stereocenters. The van der Waals surface area contributed by atoms with E-state index in [0.717, 1.165) is 16.7 Å². The van der Waals surface area contributed by atoms with Crippen LogP contribution in [0.3, 0.4) is 0 Å². The van der Waals surface area contributed by atoms with Gasteiger partial charge in [0.1, 0.15) is 0 Å². The van der Waals surface area contributed by atoms with Gasteiger partial charge in [0.05, 0.1) is 0 Å². The van der Waals surface area contributed by atoms with Gasteiger partial charge in [0.15, 0.2) is 11.6 Å². The fourth-order valence-electron chi connectivity index (χ4n) is 3.91. The molecule has 0 atom stereocenters. The molecule has 4 aromatic carbocycles. The lowest BCUT2D eigenvalue weighted by molar-refractivity contribution is 1.07. The first-order valence-corrected chi connectivity index (χ1v) is 11.4. The molecule has 0 fully saturated rings. The quantitative estimate of drug-likeness (QED) is 0.275. The Morgan fingerprint density at radius 1 is 0.500 bits per heavy atom. The summed E-state index contributed by atoms with van der Waals surface area (Å²) < 4.78 is 2.62. The molecular formula is C27H16ClN3S. The van der Waals surface area contributed by atoms with Crippen LogP contribution in [-0.2, 0) is 0 Å². The second kappa shape index (κ2) is 7.83. The van der Waals surface area contributed by atoms with Crippen molar-refractivity contribution in [2.45, 2.75) is 0 Å². The molecule has 0 N–H and O–H groups in total. The van der Waals surface area contributed by atoms with Crippen molar-refractivity contribution < 1.29 is 0 Å². The van der Waals surface area contributed by atoms with Crippen LogP contribution in [0.2, 0.25) is 5.28 Å². The highest BCUT2D eigenvalue weighted by Crippen LogP contribution is 2.36. The predicted octanol–water partition coefficient (Wildman–Crippen LogP) is 7.89. The summed E-state index contributed by atoms with van der Waals surface area (Å²) in [6, 6.07) is 33.3. The van der Waals surface area contributed by atoms with E-state index in [4.69, 9.17) is 11.6 Å². The zero-order valence-corrected chi connectivity index (χ0v) is 18.4. The van der Waals surface area contributed by atoms with Gasteiger partial charge in [-0.3, -0.25) is 0 Å². The Balaban J connectivity index is 1.38. The lowest BCUT2D eigenvalue weighted by Gasteiger charge is -2.07. The molecule has 0 saturated carbocycles. The van der Waals surface area contributed by atoms with E-state index in [9.17, 15) is 0 Å². The molecule has 152 valence electrons. The molecule has 0 amide bonds. The molecule has 2 heterocycles. The Kier molecular flexibility index (Phi) is 4.67. The van der Waals surface area contributed by atoms with Gasteiger partial charge in [-0.1, -0.05) is 78.9 Å². The molecule has 2 aromatic heterocycles. The van der Waals surface area contributed by atoms with Crippen molar-refractivity contribution >= 4 is 43.1 Å². The molecule has 0 spiro atoms. The largest absolute Gasteiger partial charge is 0.226 e. The average Bonchev–Trinajstić information content (AvgIpc) is 3.22. The van der Waals surface area contributed by atoms with Crippen molar-refractivity contribution in [3.05, 3.63) is 102 Å². The second-order valence-corrected chi connectivity index (χ2v) is 8.93. The van der Waals surface area contributed by atoms with E-state index in [1.54, 1.807) is 0 Å². The van der Waals surface area contributed by atoms with Crippen molar-refractivity contribution in [1.29, 1.82) is 0 Å².